The van der Waals surface area contributed by atoms with Gasteiger partial charge in [-0.3, -0.25) is 0 Å². The van der Waals surface area contributed by atoms with E-state index in [2.05, 4.69) is 10.2 Å². The molecule has 56 valence electrons. The molecule has 3 nitrogen and oxygen atoms in total. The first-order valence-corrected chi connectivity index (χ1v) is 3.54. The summed E-state index contributed by atoms with van der Waals surface area (Å²) in [6.45, 7) is 2.74. The molecule has 0 saturated carbocycles. The number of anilines is 1. The van der Waals surface area contributed by atoms with Crippen molar-refractivity contribution >= 4 is 11.4 Å². The molecule has 2 N–H and O–H groups in total. The van der Waals surface area contributed by atoms with E-state index >= 15 is 0 Å². The summed E-state index contributed by atoms with van der Waals surface area (Å²) in [5.41, 5.74) is 9.72. The minimum atomic E-state index is 0.710. The third kappa shape index (κ3) is 0.888. The highest BCUT2D eigenvalue weighted by atomic mass is 15.1. The van der Waals surface area contributed by atoms with Crippen LogP contribution < -0.4 is 5.73 Å². The summed E-state index contributed by atoms with van der Waals surface area (Å²) >= 11 is 0. The van der Waals surface area contributed by atoms with Gasteiger partial charge in [0.05, 0.1) is 12.2 Å². The Hall–Kier alpha value is -1.38. The minimum Gasteiger partial charge on any atom is -0.399 e. The topological polar surface area (TPSA) is 50.7 Å². The highest BCUT2D eigenvalue weighted by molar-refractivity contribution is 5.60. The first-order valence-electron chi connectivity index (χ1n) is 3.54. The Morgan fingerprint density at radius 3 is 3.09 bits per heavy atom. The number of fused-ring (bicyclic) bond motifs is 1. The molecule has 2 rings (SSSR count). The summed E-state index contributed by atoms with van der Waals surface area (Å²) < 4.78 is 0. The van der Waals surface area contributed by atoms with Gasteiger partial charge in [0.2, 0.25) is 0 Å². The molecule has 0 spiro atoms. The number of hydrogen-bond donors (Lipinski definition) is 1. The lowest BCUT2D eigenvalue weighted by molar-refractivity contribution is 1.03. The average molecular weight is 147 g/mol. The zero-order chi connectivity index (χ0) is 7.84. The van der Waals surface area contributed by atoms with Gasteiger partial charge >= 0.3 is 0 Å². The normalized spacial score (nSPS) is 13.5. The summed E-state index contributed by atoms with van der Waals surface area (Å²) in [5, 5.41) is 7.89. The van der Waals surface area contributed by atoms with Crippen LogP contribution in [0.5, 0.6) is 0 Å². The Kier molecular flexibility index (Phi) is 1.18. The predicted molar refractivity (Wildman–Crippen MR) is 43.8 cm³/mol. The third-order valence-electron chi connectivity index (χ3n) is 1.88. The lowest BCUT2D eigenvalue weighted by Gasteiger charge is -2.01. The maximum atomic E-state index is 5.63. The van der Waals surface area contributed by atoms with Crippen LogP contribution in [-0.2, 0) is 6.54 Å². The van der Waals surface area contributed by atoms with Gasteiger partial charge in [0.15, 0.2) is 0 Å². The van der Waals surface area contributed by atoms with Crippen LogP contribution in [0, 0.1) is 6.92 Å². The van der Waals surface area contributed by atoms with Gasteiger partial charge in [-0.15, -0.1) is 0 Å². The van der Waals surface area contributed by atoms with Crippen molar-refractivity contribution in [2.24, 2.45) is 10.2 Å². The van der Waals surface area contributed by atoms with E-state index in [1.54, 1.807) is 0 Å². The number of aryl methyl sites for hydroxylation is 1. The first-order chi connectivity index (χ1) is 5.27. The molecule has 0 aromatic heterocycles. The number of nitrogens with zero attached hydrogens (tertiary/aromatic N) is 2. The Balaban J connectivity index is 2.66. The lowest BCUT2D eigenvalue weighted by atomic mass is 10.1. The van der Waals surface area contributed by atoms with E-state index in [0.29, 0.717) is 6.54 Å². The Labute approximate surface area is 64.9 Å². The van der Waals surface area contributed by atoms with E-state index in [1.807, 2.05) is 19.1 Å². The van der Waals surface area contributed by atoms with Crippen molar-refractivity contribution in [1.82, 2.24) is 0 Å². The van der Waals surface area contributed by atoms with Crippen LogP contribution in [0.2, 0.25) is 0 Å². The molecule has 0 atom stereocenters. The molecule has 1 aromatic rings. The number of benzene rings is 1. The minimum absolute atomic E-state index is 0.710. The second kappa shape index (κ2) is 2.05. The summed E-state index contributed by atoms with van der Waals surface area (Å²) in [6, 6.07) is 3.81. The standard InChI is InChI=1S/C8H9N3/c1-5-2-6(9)3-8-7(5)4-10-11-8/h2-3H,4,9H2,1H3. The van der Waals surface area contributed by atoms with Crippen molar-refractivity contribution in [2.45, 2.75) is 13.5 Å². The van der Waals surface area contributed by atoms with Crippen molar-refractivity contribution in [3.63, 3.8) is 0 Å². The monoisotopic (exact) mass is 147 g/mol. The summed E-state index contributed by atoms with van der Waals surface area (Å²) in [7, 11) is 0. The molecule has 0 radical (unpaired) electrons. The molecule has 1 aliphatic rings. The Bertz CT molecular complexity index is 328. The van der Waals surface area contributed by atoms with Crippen LogP contribution in [0.25, 0.3) is 0 Å². The summed E-state index contributed by atoms with van der Waals surface area (Å²) in [6.07, 6.45) is 0. The van der Waals surface area contributed by atoms with E-state index in [-0.39, 0.29) is 0 Å². The smallest absolute Gasteiger partial charge is 0.0927 e. The van der Waals surface area contributed by atoms with Crippen molar-refractivity contribution in [2.75, 3.05) is 5.73 Å². The molecule has 0 bridgehead atoms. The van der Waals surface area contributed by atoms with Crippen LogP contribution in [0.3, 0.4) is 0 Å². The number of nitrogens with two attached hydrogens (primary N) is 1. The fraction of sp³-hybridized carbons (Fsp3) is 0.250. The predicted octanol–water partition coefficient (Wildman–Crippen LogP) is 2.17. The van der Waals surface area contributed by atoms with Gasteiger partial charge < -0.3 is 5.73 Å². The molecule has 11 heavy (non-hydrogen) atoms. The molecular weight excluding hydrogens is 138 g/mol. The zero-order valence-electron chi connectivity index (χ0n) is 6.33. The summed E-state index contributed by atoms with van der Waals surface area (Å²) in [5.74, 6) is 0. The molecule has 1 aliphatic heterocycles. The second-order valence-electron chi connectivity index (χ2n) is 2.74. The van der Waals surface area contributed by atoms with Crippen LogP contribution >= 0.6 is 0 Å². The maximum Gasteiger partial charge on any atom is 0.0927 e. The SMILES string of the molecule is Cc1cc(N)cc2c1CN=N2. The molecule has 0 saturated heterocycles. The van der Waals surface area contributed by atoms with E-state index in [0.717, 1.165) is 11.4 Å². The number of rotatable bonds is 0. The second-order valence-corrected chi connectivity index (χ2v) is 2.74. The number of hydrogen-bond acceptors (Lipinski definition) is 3. The van der Waals surface area contributed by atoms with Crippen molar-refractivity contribution in [3.8, 4) is 0 Å². The molecule has 1 heterocycles. The zero-order valence-corrected chi connectivity index (χ0v) is 6.33. The molecule has 3 heteroatoms. The number of nitrogen functional groups attached to an aromatic ring is 1. The maximum absolute atomic E-state index is 5.63. The Morgan fingerprint density at radius 2 is 2.27 bits per heavy atom. The van der Waals surface area contributed by atoms with E-state index in [9.17, 15) is 0 Å². The fourth-order valence-electron chi connectivity index (χ4n) is 1.30. The molecule has 1 aromatic carbocycles. The molecular formula is C8H9N3. The lowest BCUT2D eigenvalue weighted by Crippen LogP contribution is -1.89. The van der Waals surface area contributed by atoms with Gasteiger partial charge in [-0.05, 0) is 24.6 Å². The van der Waals surface area contributed by atoms with Gasteiger partial charge in [0, 0.05) is 11.3 Å². The number of azo groups is 1. The van der Waals surface area contributed by atoms with Gasteiger partial charge in [-0.25, -0.2) is 0 Å². The van der Waals surface area contributed by atoms with Gasteiger partial charge in [0.25, 0.3) is 0 Å². The highest BCUT2D eigenvalue weighted by Crippen LogP contribution is 2.31. The van der Waals surface area contributed by atoms with Gasteiger partial charge in [0.1, 0.15) is 0 Å². The van der Waals surface area contributed by atoms with Crippen LogP contribution in [0.4, 0.5) is 11.4 Å². The molecule has 0 fully saturated rings. The van der Waals surface area contributed by atoms with Gasteiger partial charge in [-0.2, -0.15) is 10.2 Å². The first kappa shape index (κ1) is 6.34. The highest BCUT2D eigenvalue weighted by Gasteiger charge is 2.10. The third-order valence-corrected chi connectivity index (χ3v) is 1.88. The molecule has 0 amide bonds. The largest absolute Gasteiger partial charge is 0.399 e. The van der Waals surface area contributed by atoms with E-state index in [1.165, 1.54) is 11.1 Å². The van der Waals surface area contributed by atoms with Crippen LogP contribution in [0.1, 0.15) is 11.1 Å². The van der Waals surface area contributed by atoms with Crippen LogP contribution in [-0.4, -0.2) is 0 Å². The van der Waals surface area contributed by atoms with E-state index in [4.69, 9.17) is 5.73 Å². The van der Waals surface area contributed by atoms with Crippen molar-refractivity contribution in [3.05, 3.63) is 23.3 Å². The Morgan fingerprint density at radius 1 is 1.45 bits per heavy atom. The molecule has 0 unspecified atom stereocenters. The van der Waals surface area contributed by atoms with Crippen molar-refractivity contribution in [1.29, 1.82) is 0 Å². The molecule has 0 aliphatic carbocycles. The average Bonchev–Trinajstić information content (AvgIpc) is 2.34. The van der Waals surface area contributed by atoms with Gasteiger partial charge in [-0.1, -0.05) is 0 Å². The fourth-order valence-corrected chi connectivity index (χ4v) is 1.30. The quantitative estimate of drug-likeness (QED) is 0.562. The van der Waals surface area contributed by atoms with Crippen molar-refractivity contribution < 1.29 is 0 Å². The van der Waals surface area contributed by atoms with Crippen LogP contribution in [0.15, 0.2) is 22.4 Å². The van der Waals surface area contributed by atoms with E-state index < -0.39 is 0 Å². The summed E-state index contributed by atoms with van der Waals surface area (Å²) in [4.78, 5) is 0.